The van der Waals surface area contributed by atoms with Gasteiger partial charge in [0.25, 0.3) is 5.69 Å². The van der Waals surface area contributed by atoms with Crippen LogP contribution in [0.3, 0.4) is 0 Å². The second-order valence-corrected chi connectivity index (χ2v) is 4.33. The van der Waals surface area contributed by atoms with Gasteiger partial charge < -0.3 is 10.1 Å². The Bertz CT molecular complexity index is 627. The zero-order valence-electron chi connectivity index (χ0n) is 10.9. The minimum absolute atomic E-state index is 0.0256. The zero-order chi connectivity index (χ0) is 14.7. The number of nitrogens with one attached hydrogen (secondary N) is 2. The van der Waals surface area contributed by atoms with Crippen molar-refractivity contribution in [1.29, 1.82) is 0 Å². The molecule has 0 bridgehead atoms. The maximum Gasteiger partial charge on any atom is 0.292 e. The molecule has 1 aromatic carbocycles. The molecule has 0 aliphatic rings. The largest absolute Gasteiger partial charge is 0.475 e. The van der Waals surface area contributed by atoms with Gasteiger partial charge >= 0.3 is 0 Å². The van der Waals surface area contributed by atoms with Crippen molar-refractivity contribution in [3.63, 3.8) is 0 Å². The highest BCUT2D eigenvalue weighted by Gasteiger charge is 2.15. The van der Waals surface area contributed by atoms with Crippen LogP contribution < -0.4 is 10.1 Å². The minimum Gasteiger partial charge on any atom is -0.475 e. The van der Waals surface area contributed by atoms with Gasteiger partial charge in [-0.05, 0) is 19.9 Å². The first-order valence-electron chi connectivity index (χ1n) is 5.88. The predicted octanol–water partition coefficient (Wildman–Crippen LogP) is 2.99. The number of hydrogen-bond acceptors (Lipinski definition) is 5. The van der Waals surface area contributed by atoms with Gasteiger partial charge in [-0.1, -0.05) is 0 Å². The Hall–Kier alpha value is -2.64. The smallest absolute Gasteiger partial charge is 0.292 e. The van der Waals surface area contributed by atoms with Crippen LogP contribution in [0.2, 0.25) is 0 Å². The summed E-state index contributed by atoms with van der Waals surface area (Å²) in [5.41, 5.74) is -0.210. The van der Waals surface area contributed by atoms with Gasteiger partial charge in [-0.2, -0.15) is 5.10 Å². The van der Waals surface area contributed by atoms with Crippen LogP contribution in [0.25, 0.3) is 0 Å². The molecule has 1 aromatic heterocycles. The summed E-state index contributed by atoms with van der Waals surface area (Å²) in [5, 5.41) is 20.1. The molecule has 0 saturated heterocycles. The van der Waals surface area contributed by atoms with Crippen molar-refractivity contribution < 1.29 is 14.1 Å². The molecule has 0 radical (unpaired) electrons. The van der Waals surface area contributed by atoms with Crippen molar-refractivity contribution >= 4 is 17.2 Å². The SMILES string of the molecule is CC(C)Oc1cc(Nc2cc(F)ccc2[N+](=O)[O-])n[nH]1. The highest BCUT2D eigenvalue weighted by atomic mass is 19.1. The van der Waals surface area contributed by atoms with E-state index >= 15 is 0 Å². The predicted molar refractivity (Wildman–Crippen MR) is 70.7 cm³/mol. The summed E-state index contributed by atoms with van der Waals surface area (Å²) in [5.74, 6) is 0.142. The summed E-state index contributed by atoms with van der Waals surface area (Å²) < 4.78 is 18.5. The van der Waals surface area contributed by atoms with Crippen molar-refractivity contribution in [3.8, 4) is 5.88 Å². The van der Waals surface area contributed by atoms with Crippen LogP contribution in [0, 0.1) is 15.9 Å². The van der Waals surface area contributed by atoms with E-state index in [4.69, 9.17) is 4.74 Å². The van der Waals surface area contributed by atoms with Gasteiger partial charge in [0, 0.05) is 18.2 Å². The molecule has 0 fully saturated rings. The molecular formula is C12H13FN4O3. The fourth-order valence-corrected chi connectivity index (χ4v) is 1.59. The highest BCUT2D eigenvalue weighted by molar-refractivity contribution is 5.68. The summed E-state index contributed by atoms with van der Waals surface area (Å²) in [6.45, 7) is 3.71. The molecular weight excluding hydrogens is 267 g/mol. The van der Waals surface area contributed by atoms with Crippen LogP contribution in [0.5, 0.6) is 5.88 Å². The minimum atomic E-state index is -0.597. The van der Waals surface area contributed by atoms with E-state index in [0.29, 0.717) is 11.7 Å². The van der Waals surface area contributed by atoms with E-state index in [0.717, 1.165) is 18.2 Å². The van der Waals surface area contributed by atoms with E-state index in [9.17, 15) is 14.5 Å². The first kappa shape index (κ1) is 13.8. The average molecular weight is 280 g/mol. The molecule has 106 valence electrons. The standard InChI is InChI=1S/C12H13FN4O3/c1-7(2)20-12-6-11(15-16-12)14-9-5-8(13)3-4-10(9)17(18)19/h3-7H,1-2H3,(H2,14,15,16). The molecule has 0 unspecified atom stereocenters. The van der Waals surface area contributed by atoms with E-state index in [1.807, 2.05) is 13.8 Å². The van der Waals surface area contributed by atoms with Crippen LogP contribution in [-0.2, 0) is 0 Å². The summed E-state index contributed by atoms with van der Waals surface area (Å²) in [6, 6.07) is 4.70. The fourth-order valence-electron chi connectivity index (χ4n) is 1.59. The van der Waals surface area contributed by atoms with Crippen molar-refractivity contribution in [2.24, 2.45) is 0 Å². The van der Waals surface area contributed by atoms with Crippen LogP contribution in [0.15, 0.2) is 24.3 Å². The maximum absolute atomic E-state index is 13.2. The second kappa shape index (κ2) is 5.55. The van der Waals surface area contributed by atoms with Gasteiger partial charge in [-0.15, -0.1) is 0 Å². The third kappa shape index (κ3) is 3.22. The Morgan fingerprint density at radius 2 is 2.20 bits per heavy atom. The lowest BCUT2D eigenvalue weighted by atomic mass is 10.2. The van der Waals surface area contributed by atoms with Crippen molar-refractivity contribution in [2.45, 2.75) is 20.0 Å². The van der Waals surface area contributed by atoms with Crippen molar-refractivity contribution in [2.75, 3.05) is 5.32 Å². The van der Waals surface area contributed by atoms with E-state index in [1.54, 1.807) is 0 Å². The molecule has 0 aliphatic heterocycles. The number of halogens is 1. The Morgan fingerprint density at radius 1 is 1.45 bits per heavy atom. The van der Waals surface area contributed by atoms with Crippen molar-refractivity contribution in [1.82, 2.24) is 10.2 Å². The number of rotatable bonds is 5. The average Bonchev–Trinajstić information content (AvgIpc) is 2.75. The van der Waals surface area contributed by atoms with E-state index < -0.39 is 10.7 Å². The normalized spacial score (nSPS) is 10.6. The van der Waals surface area contributed by atoms with Gasteiger partial charge in [0.1, 0.15) is 11.5 Å². The molecule has 8 heteroatoms. The lowest BCUT2D eigenvalue weighted by Crippen LogP contribution is -2.05. The highest BCUT2D eigenvalue weighted by Crippen LogP contribution is 2.28. The molecule has 20 heavy (non-hydrogen) atoms. The Morgan fingerprint density at radius 3 is 2.85 bits per heavy atom. The van der Waals surface area contributed by atoms with Gasteiger partial charge in [0.05, 0.1) is 11.0 Å². The van der Waals surface area contributed by atoms with Crippen molar-refractivity contribution in [3.05, 3.63) is 40.2 Å². The van der Waals surface area contributed by atoms with E-state index in [2.05, 4.69) is 15.5 Å². The van der Waals surface area contributed by atoms with E-state index in [1.165, 1.54) is 6.07 Å². The summed E-state index contributed by atoms with van der Waals surface area (Å²) in [7, 11) is 0. The summed E-state index contributed by atoms with van der Waals surface area (Å²) in [6.07, 6.45) is -0.0354. The van der Waals surface area contributed by atoms with Gasteiger partial charge in [0.15, 0.2) is 5.82 Å². The topological polar surface area (TPSA) is 93.1 Å². The Kier molecular flexibility index (Phi) is 3.83. The zero-order valence-corrected chi connectivity index (χ0v) is 10.9. The van der Waals surface area contributed by atoms with E-state index in [-0.39, 0.29) is 17.5 Å². The lowest BCUT2D eigenvalue weighted by Gasteiger charge is -2.05. The number of hydrogen-bond donors (Lipinski definition) is 2. The number of nitro benzene ring substituents is 1. The number of aromatic nitrogens is 2. The number of benzene rings is 1. The Balaban J connectivity index is 2.23. The molecule has 0 aliphatic carbocycles. The summed E-state index contributed by atoms with van der Waals surface area (Å²) in [4.78, 5) is 10.3. The summed E-state index contributed by atoms with van der Waals surface area (Å²) >= 11 is 0. The van der Waals surface area contributed by atoms with Crippen LogP contribution >= 0.6 is 0 Å². The number of anilines is 2. The first-order valence-corrected chi connectivity index (χ1v) is 5.88. The lowest BCUT2D eigenvalue weighted by molar-refractivity contribution is -0.384. The third-order valence-corrected chi connectivity index (χ3v) is 2.34. The number of ether oxygens (including phenoxy) is 1. The van der Waals surface area contributed by atoms with Crippen LogP contribution in [-0.4, -0.2) is 21.2 Å². The molecule has 7 nitrogen and oxygen atoms in total. The molecule has 1 heterocycles. The molecule has 0 amide bonds. The molecule has 2 rings (SSSR count). The number of H-pyrrole nitrogens is 1. The molecule has 2 aromatic rings. The molecule has 0 saturated carbocycles. The number of aromatic amines is 1. The maximum atomic E-state index is 13.2. The molecule has 0 spiro atoms. The number of nitrogens with zero attached hydrogens (tertiary/aromatic N) is 2. The Labute approximate surface area is 113 Å². The van der Waals surface area contributed by atoms with Crippen LogP contribution in [0.4, 0.5) is 21.6 Å². The van der Waals surface area contributed by atoms with Gasteiger partial charge in [-0.3, -0.25) is 10.1 Å². The van der Waals surface area contributed by atoms with Gasteiger partial charge in [-0.25, -0.2) is 9.49 Å². The number of nitro groups is 1. The fraction of sp³-hybridized carbons (Fsp3) is 0.250. The van der Waals surface area contributed by atoms with Gasteiger partial charge in [0.2, 0.25) is 5.88 Å². The molecule has 2 N–H and O–H groups in total. The van der Waals surface area contributed by atoms with Crippen LogP contribution in [0.1, 0.15) is 13.8 Å². The monoisotopic (exact) mass is 280 g/mol. The quantitative estimate of drug-likeness (QED) is 0.648. The third-order valence-electron chi connectivity index (χ3n) is 2.34. The second-order valence-electron chi connectivity index (χ2n) is 4.33. The molecule has 0 atom stereocenters. The first-order chi connectivity index (χ1) is 9.45.